The van der Waals surface area contributed by atoms with Gasteiger partial charge in [0.05, 0.1) is 29.4 Å². The Morgan fingerprint density at radius 1 is 0.243 bits per heavy atom. The lowest BCUT2D eigenvalue weighted by Crippen LogP contribution is -2.11. The summed E-state index contributed by atoms with van der Waals surface area (Å²) in [4.78, 5) is 0. The average Bonchev–Trinajstić information content (AvgIpc) is 0.780. The molecule has 0 bridgehead atoms. The van der Waals surface area contributed by atoms with E-state index in [4.69, 9.17) is 27.9 Å². The molecule has 0 atom stereocenters. The lowest BCUT2D eigenvalue weighted by Gasteiger charge is -2.14. The van der Waals surface area contributed by atoms with Gasteiger partial charge in [0, 0.05) is 26.7 Å². The summed E-state index contributed by atoms with van der Waals surface area (Å²) < 4.78 is 160. The first-order valence-corrected chi connectivity index (χ1v) is 35.8. The van der Waals surface area contributed by atoms with E-state index in [1.807, 2.05) is 124 Å². The van der Waals surface area contributed by atoms with Gasteiger partial charge in [-0.25, -0.2) is 13.2 Å². The molecule has 0 unspecified atom stereocenters. The Morgan fingerprint density at radius 2 is 0.541 bits per heavy atom. The Bertz CT molecular complexity index is 5010. The Hall–Kier alpha value is -11.4. The molecule has 15 heteroatoms. The molecule has 0 radical (unpaired) electrons. The fourth-order valence-corrected chi connectivity index (χ4v) is 11.9. The van der Waals surface area contributed by atoms with Gasteiger partial charge in [-0.15, -0.1) is 0 Å². The van der Waals surface area contributed by atoms with Gasteiger partial charge in [-0.2, -0.15) is 39.5 Å². The quantitative estimate of drug-likeness (QED) is 0.138. The smallest absolute Gasteiger partial charge is 0.417 e. The molecule has 111 heavy (non-hydrogen) atoms. The van der Waals surface area contributed by atoms with Crippen molar-refractivity contribution in [2.75, 3.05) is 7.11 Å². The van der Waals surface area contributed by atoms with E-state index in [-0.39, 0.29) is 28.6 Å². The maximum atomic E-state index is 13.4. The number of halogens is 14. The summed E-state index contributed by atoms with van der Waals surface area (Å²) in [6.45, 7) is 16.0. The molecular formula is C96H80Cl2F12O. The van der Waals surface area contributed by atoms with Gasteiger partial charge in [0.2, 0.25) is 0 Å². The first-order valence-electron chi connectivity index (χ1n) is 35.0. The zero-order chi connectivity index (χ0) is 80.6. The van der Waals surface area contributed by atoms with Crippen LogP contribution in [0.3, 0.4) is 0 Å². The maximum absolute atomic E-state index is 13.4. The molecular weight excluding hydrogens is 1470 g/mol. The molecule has 0 spiro atoms. The summed E-state index contributed by atoms with van der Waals surface area (Å²) in [7, 11) is 1.70. The number of benzene rings is 14. The summed E-state index contributed by atoms with van der Waals surface area (Å²) in [5.74, 6) is -0.310. The largest absolute Gasteiger partial charge is 0.496 e. The molecule has 0 aliphatic carbocycles. The van der Waals surface area contributed by atoms with E-state index in [0.29, 0.717) is 32.3 Å². The van der Waals surface area contributed by atoms with E-state index in [1.54, 1.807) is 68.6 Å². The second-order valence-corrected chi connectivity index (χ2v) is 26.9. The summed E-state index contributed by atoms with van der Waals surface area (Å²) in [6.07, 6.45) is -14.0. The molecule has 14 aromatic rings. The van der Waals surface area contributed by atoms with Crippen LogP contribution in [-0.2, 0) is 18.5 Å². The Kier molecular flexibility index (Phi) is 30.6. The third kappa shape index (κ3) is 25.3. The number of para-hydroxylation sites is 1. The van der Waals surface area contributed by atoms with Crippen LogP contribution in [0, 0.1) is 72.8 Å². The second-order valence-electron chi connectivity index (χ2n) is 26.1. The van der Waals surface area contributed by atoms with Crippen molar-refractivity contribution < 1.29 is 57.4 Å². The molecule has 0 saturated heterocycles. The molecule has 0 N–H and O–H groups in total. The molecule has 0 heterocycles. The number of rotatable bonds is 8. The fraction of sp³-hybridized carbons (Fsp3) is 0.125. The van der Waals surface area contributed by atoms with Gasteiger partial charge in [0.15, 0.2) is 0 Å². The maximum Gasteiger partial charge on any atom is 0.417 e. The highest BCUT2D eigenvalue weighted by Gasteiger charge is 2.37. The normalized spacial score (nSPS) is 10.8. The molecule has 0 amide bonds. The van der Waals surface area contributed by atoms with Crippen molar-refractivity contribution in [2.24, 2.45) is 0 Å². The average molecular weight is 1550 g/mol. The number of methoxy groups -OCH3 is 1. The van der Waals surface area contributed by atoms with E-state index >= 15 is 0 Å². The summed E-state index contributed by atoms with van der Waals surface area (Å²) in [6, 6.07) is 93.5. The van der Waals surface area contributed by atoms with Crippen molar-refractivity contribution in [1.29, 1.82) is 0 Å². The van der Waals surface area contributed by atoms with Crippen LogP contribution in [-0.4, -0.2) is 7.11 Å². The van der Waals surface area contributed by atoms with Gasteiger partial charge in [-0.05, 0) is 177 Å². The first-order chi connectivity index (χ1) is 52.8. The van der Waals surface area contributed by atoms with E-state index < -0.39 is 46.9 Å². The van der Waals surface area contributed by atoms with Crippen molar-refractivity contribution in [3.63, 3.8) is 0 Å². The van der Waals surface area contributed by atoms with Crippen LogP contribution >= 0.6 is 23.2 Å². The predicted molar refractivity (Wildman–Crippen MR) is 432 cm³/mol. The van der Waals surface area contributed by atoms with Crippen LogP contribution < -0.4 is 4.74 Å². The molecule has 0 saturated carbocycles. The van der Waals surface area contributed by atoms with Crippen molar-refractivity contribution in [1.82, 2.24) is 0 Å². The molecule has 0 aliphatic heterocycles. The lowest BCUT2D eigenvalue weighted by molar-refractivity contribution is -0.143. The number of hydrogen-bond acceptors (Lipinski definition) is 1. The zero-order valence-electron chi connectivity index (χ0n) is 62.3. The van der Waals surface area contributed by atoms with Gasteiger partial charge in [-0.1, -0.05) is 323 Å². The predicted octanol–water partition coefficient (Wildman–Crippen LogP) is 30.7. The molecule has 0 aliphatic rings. The van der Waals surface area contributed by atoms with Crippen molar-refractivity contribution in [3.8, 4) is 83.6 Å². The number of ether oxygens (including phenoxy) is 1. The van der Waals surface area contributed by atoms with Gasteiger partial charge in [-0.3, -0.25) is 0 Å². The van der Waals surface area contributed by atoms with Crippen LogP contribution in [0.25, 0.3) is 77.9 Å². The third-order valence-electron chi connectivity index (χ3n) is 17.4. The van der Waals surface area contributed by atoms with E-state index in [0.717, 1.165) is 62.9 Å². The van der Waals surface area contributed by atoms with Crippen LogP contribution in [0.2, 0.25) is 10.0 Å². The highest BCUT2D eigenvalue weighted by atomic mass is 35.5. The minimum Gasteiger partial charge on any atom is -0.496 e. The Balaban J connectivity index is 0.000000163. The van der Waals surface area contributed by atoms with Gasteiger partial charge in [0.25, 0.3) is 0 Å². The molecule has 568 valence electrons. The zero-order valence-corrected chi connectivity index (χ0v) is 63.8. The van der Waals surface area contributed by atoms with E-state index in [1.165, 1.54) is 93.0 Å². The SMILES string of the molecule is COc1ccccc1-c1ccc(C)cc1.Cc1ccc(-c2c(Cl)cccc2Cl)cc1.Cc1ccc(-c2c(F)cccc2F)cc1.Cc1ccc(-c2cc(C(F)(F)F)cc(C(F)(F)F)c2)cc1.Cc1ccc(-c2ccccc2C(F)(F)F)cc1.Cc1ccc(-c2ccccc2C)cc1.Cc1ccc(-c2ccccc2F)cc1. The molecule has 14 aromatic carbocycles. The minimum absolute atomic E-state index is 0.0394. The molecule has 14 rings (SSSR count). The van der Waals surface area contributed by atoms with Crippen molar-refractivity contribution in [2.45, 2.75) is 73.9 Å². The van der Waals surface area contributed by atoms with Gasteiger partial charge in [0.1, 0.15) is 23.2 Å². The van der Waals surface area contributed by atoms with Crippen molar-refractivity contribution in [3.05, 3.63) is 410 Å². The Morgan fingerprint density at radius 3 is 0.928 bits per heavy atom. The van der Waals surface area contributed by atoms with Gasteiger partial charge >= 0.3 is 18.5 Å². The summed E-state index contributed by atoms with van der Waals surface area (Å²) >= 11 is 12.2. The second kappa shape index (κ2) is 39.8. The molecule has 1 nitrogen and oxygen atoms in total. The monoisotopic (exact) mass is 1550 g/mol. The van der Waals surface area contributed by atoms with Crippen LogP contribution in [0.5, 0.6) is 5.75 Å². The highest BCUT2D eigenvalue weighted by molar-refractivity contribution is 6.39. The van der Waals surface area contributed by atoms with Crippen LogP contribution in [0.4, 0.5) is 52.7 Å². The van der Waals surface area contributed by atoms with E-state index in [2.05, 4.69) is 119 Å². The standard InChI is InChI=1S/C15H10F6.C14H11F3.C14H14O.C14H14.C13H10Cl2.C13H10F2.C13H11F/c1-9-2-4-10(5-3-9)11-6-12(14(16,17)18)8-13(7-11)15(19,20)21;1-10-6-8-11(9-7-10)12-4-2-3-5-13(12)14(15,16)17;1-11-7-9-12(10-8-11)13-5-3-4-6-14(13)15-2;1-11-7-9-13(10-8-11)14-6-4-3-5-12(14)2;2*1-9-5-7-10(8-6-9)13-11(14)3-2-4-12(13)15;1-10-6-8-11(9-7-10)12-4-2-3-5-13(12)14/h2-8H,1H3;2-9H,1H3;3-10H,1-2H3;3-10H,1-2H3;2*2-8H,1H3;2-9H,1H3. The molecule has 0 aromatic heterocycles. The Labute approximate surface area is 651 Å². The topological polar surface area (TPSA) is 9.23 Å². The number of alkyl halides is 9. The first kappa shape index (κ1) is 85.2. The number of hydrogen-bond donors (Lipinski definition) is 0. The third-order valence-corrected chi connectivity index (χ3v) is 18.0. The number of aryl methyl sites for hydroxylation is 8. The lowest BCUT2D eigenvalue weighted by atomic mass is 9.98. The van der Waals surface area contributed by atoms with Crippen LogP contribution in [0.1, 0.15) is 61.2 Å². The molecule has 0 fully saturated rings. The van der Waals surface area contributed by atoms with Crippen molar-refractivity contribution >= 4 is 23.2 Å². The summed E-state index contributed by atoms with van der Waals surface area (Å²) in [5, 5.41) is 1.37. The fourth-order valence-electron chi connectivity index (χ4n) is 11.2. The highest BCUT2D eigenvalue weighted by Crippen LogP contribution is 2.41. The minimum atomic E-state index is -4.83. The summed E-state index contributed by atoms with van der Waals surface area (Å²) in [5.41, 5.74) is 16.2. The van der Waals surface area contributed by atoms with Gasteiger partial charge < -0.3 is 4.74 Å². The van der Waals surface area contributed by atoms with E-state index in [9.17, 15) is 52.7 Å². The van der Waals surface area contributed by atoms with Crippen LogP contribution in [0.15, 0.2) is 322 Å².